The molecule has 3 aromatic rings. The van der Waals surface area contributed by atoms with Crippen LogP contribution in [0.3, 0.4) is 0 Å². The predicted octanol–water partition coefficient (Wildman–Crippen LogP) is 3.58. The SMILES string of the molecule is CC(C)[C@@H](C(=O)NC(CC(=O)O)C(=O)CF)N1Cc2ccc(-c3coc4ccccc34)cc2C1=O. The molecule has 182 valence electrons. The lowest BCUT2D eigenvalue weighted by Gasteiger charge is -2.31. The quantitative estimate of drug-likeness (QED) is 0.484. The number of furan rings is 1. The number of fused-ring (bicyclic) bond motifs is 2. The molecule has 35 heavy (non-hydrogen) atoms. The number of rotatable bonds is 9. The second-order valence-corrected chi connectivity index (χ2v) is 8.90. The number of nitrogens with zero attached hydrogens (tertiary/aromatic N) is 1. The van der Waals surface area contributed by atoms with Crippen molar-refractivity contribution in [3.8, 4) is 11.1 Å². The Balaban J connectivity index is 1.60. The molecule has 1 aromatic heterocycles. The van der Waals surface area contributed by atoms with Gasteiger partial charge in [-0.2, -0.15) is 0 Å². The van der Waals surface area contributed by atoms with Gasteiger partial charge in [0.1, 0.15) is 24.3 Å². The molecule has 1 aliphatic rings. The molecule has 0 saturated carbocycles. The fourth-order valence-corrected chi connectivity index (χ4v) is 4.49. The van der Waals surface area contributed by atoms with Crippen LogP contribution in [0.2, 0.25) is 0 Å². The first-order valence-electron chi connectivity index (χ1n) is 11.2. The predicted molar refractivity (Wildman–Crippen MR) is 125 cm³/mol. The molecule has 1 unspecified atom stereocenters. The maximum Gasteiger partial charge on any atom is 0.305 e. The minimum Gasteiger partial charge on any atom is -0.481 e. The maximum absolute atomic E-state index is 13.4. The highest BCUT2D eigenvalue weighted by Gasteiger charge is 2.39. The number of aliphatic carboxylic acids is 1. The summed E-state index contributed by atoms with van der Waals surface area (Å²) in [4.78, 5) is 50.8. The first-order valence-corrected chi connectivity index (χ1v) is 11.2. The van der Waals surface area contributed by atoms with Gasteiger partial charge >= 0.3 is 5.97 Å². The Morgan fingerprint density at radius 1 is 1.14 bits per heavy atom. The lowest BCUT2D eigenvalue weighted by molar-refractivity contribution is -0.140. The lowest BCUT2D eigenvalue weighted by atomic mass is 9.99. The van der Waals surface area contributed by atoms with E-state index in [0.29, 0.717) is 5.56 Å². The van der Waals surface area contributed by atoms with Crippen LogP contribution in [0.25, 0.3) is 22.1 Å². The van der Waals surface area contributed by atoms with Crippen LogP contribution >= 0.6 is 0 Å². The summed E-state index contributed by atoms with van der Waals surface area (Å²) >= 11 is 0. The number of hydrogen-bond donors (Lipinski definition) is 2. The molecule has 0 aliphatic carbocycles. The Morgan fingerprint density at radius 2 is 1.89 bits per heavy atom. The third-order valence-corrected chi connectivity index (χ3v) is 6.19. The molecule has 1 aliphatic heterocycles. The van der Waals surface area contributed by atoms with E-state index < -0.39 is 42.8 Å². The zero-order valence-corrected chi connectivity index (χ0v) is 19.3. The number of amides is 2. The number of benzene rings is 2. The average Bonchev–Trinajstić information content (AvgIpc) is 3.39. The van der Waals surface area contributed by atoms with Crippen LogP contribution in [0.5, 0.6) is 0 Å². The second-order valence-electron chi connectivity index (χ2n) is 8.90. The number of carbonyl (C=O) groups is 4. The minimum atomic E-state index is -1.51. The standard InChI is InChI=1S/C26H25FN2O6/c1-14(2)24(25(33)28-20(10-23(31)32)21(30)11-27)29-12-16-8-7-15(9-18(16)26(29)34)19-13-35-22-6-4-3-5-17(19)22/h3-9,13-14,20,24H,10-12H2,1-2H3,(H,28,33)(H,31,32)/t20?,24-/m0/s1. The highest BCUT2D eigenvalue weighted by molar-refractivity contribution is 6.04. The summed E-state index contributed by atoms with van der Waals surface area (Å²) in [5.41, 5.74) is 3.56. The number of alkyl halides is 1. The van der Waals surface area contributed by atoms with Gasteiger partial charge < -0.3 is 19.7 Å². The number of carbonyl (C=O) groups excluding carboxylic acids is 3. The van der Waals surface area contributed by atoms with Gasteiger partial charge in [-0.05, 0) is 29.2 Å². The topological polar surface area (TPSA) is 117 Å². The molecule has 8 nitrogen and oxygen atoms in total. The largest absolute Gasteiger partial charge is 0.481 e. The second kappa shape index (κ2) is 9.69. The van der Waals surface area contributed by atoms with E-state index in [0.717, 1.165) is 27.7 Å². The first kappa shape index (κ1) is 24.1. The lowest BCUT2D eigenvalue weighted by Crippen LogP contribution is -2.54. The van der Waals surface area contributed by atoms with Crippen molar-refractivity contribution >= 4 is 34.5 Å². The van der Waals surface area contributed by atoms with Gasteiger partial charge in [-0.3, -0.25) is 19.2 Å². The van der Waals surface area contributed by atoms with Crippen LogP contribution in [0, 0.1) is 5.92 Å². The van der Waals surface area contributed by atoms with E-state index in [4.69, 9.17) is 9.52 Å². The van der Waals surface area contributed by atoms with Crippen molar-refractivity contribution in [2.75, 3.05) is 6.67 Å². The summed E-state index contributed by atoms with van der Waals surface area (Å²) in [6.45, 7) is 2.26. The number of Topliss-reactive ketones (excluding diaryl/α,β-unsaturated/α-hetero) is 1. The van der Waals surface area contributed by atoms with E-state index in [1.807, 2.05) is 36.4 Å². The molecule has 2 heterocycles. The van der Waals surface area contributed by atoms with Crippen LogP contribution in [-0.2, 0) is 20.9 Å². The molecule has 0 bridgehead atoms. The third-order valence-electron chi connectivity index (χ3n) is 6.19. The van der Waals surface area contributed by atoms with Crippen molar-refractivity contribution in [3.05, 3.63) is 59.9 Å². The van der Waals surface area contributed by atoms with Crippen LogP contribution in [0.15, 0.2) is 53.1 Å². The molecule has 2 N–H and O–H groups in total. The molecule has 9 heteroatoms. The van der Waals surface area contributed by atoms with Gasteiger partial charge in [0.25, 0.3) is 5.91 Å². The van der Waals surface area contributed by atoms with Crippen molar-refractivity contribution in [3.63, 3.8) is 0 Å². The number of carboxylic acids is 1. The Hall–Kier alpha value is -4.01. The molecule has 2 atom stereocenters. The molecule has 2 aromatic carbocycles. The normalized spacial score (nSPS) is 14.7. The fourth-order valence-electron chi connectivity index (χ4n) is 4.49. The van der Waals surface area contributed by atoms with Crippen molar-refractivity contribution in [2.45, 2.75) is 38.9 Å². The van der Waals surface area contributed by atoms with Gasteiger partial charge in [0, 0.05) is 23.1 Å². The number of hydrogen-bond acceptors (Lipinski definition) is 5. The summed E-state index contributed by atoms with van der Waals surface area (Å²) < 4.78 is 18.5. The van der Waals surface area contributed by atoms with Gasteiger partial charge in [0.2, 0.25) is 5.91 Å². The highest BCUT2D eigenvalue weighted by Crippen LogP contribution is 2.35. The van der Waals surface area contributed by atoms with Crippen LogP contribution in [0.4, 0.5) is 4.39 Å². The smallest absolute Gasteiger partial charge is 0.305 e. The minimum absolute atomic E-state index is 0.178. The third kappa shape index (κ3) is 4.66. The maximum atomic E-state index is 13.4. The van der Waals surface area contributed by atoms with Crippen LogP contribution in [0.1, 0.15) is 36.2 Å². The summed E-state index contributed by atoms with van der Waals surface area (Å²) in [7, 11) is 0. The van der Waals surface area contributed by atoms with Crippen LogP contribution < -0.4 is 5.32 Å². The van der Waals surface area contributed by atoms with Crippen LogP contribution in [-0.4, -0.2) is 52.3 Å². The summed E-state index contributed by atoms with van der Waals surface area (Å²) in [6, 6.07) is 10.6. The molecular formula is C26H25FN2O6. The number of halogens is 1. The number of carboxylic acid groups (broad SMARTS) is 1. The molecule has 0 radical (unpaired) electrons. The summed E-state index contributed by atoms with van der Waals surface area (Å²) in [5, 5.41) is 12.3. The molecule has 0 spiro atoms. The van der Waals surface area contributed by atoms with Gasteiger partial charge in [0.05, 0.1) is 12.7 Å². The van der Waals surface area contributed by atoms with Gasteiger partial charge in [0.15, 0.2) is 5.78 Å². The molecular weight excluding hydrogens is 455 g/mol. The zero-order chi connectivity index (χ0) is 25.3. The number of nitrogens with one attached hydrogen (secondary N) is 1. The van der Waals surface area contributed by atoms with Gasteiger partial charge in [-0.25, -0.2) is 4.39 Å². The monoisotopic (exact) mass is 480 g/mol. The number of ketones is 1. The van der Waals surface area contributed by atoms with Crippen molar-refractivity contribution in [2.24, 2.45) is 5.92 Å². The fraction of sp³-hybridized carbons (Fsp3) is 0.308. The molecule has 4 rings (SSSR count). The van der Waals surface area contributed by atoms with E-state index in [-0.39, 0.29) is 18.4 Å². The molecule has 0 fully saturated rings. The highest BCUT2D eigenvalue weighted by atomic mass is 19.1. The van der Waals surface area contributed by atoms with Gasteiger partial charge in [-0.15, -0.1) is 0 Å². The summed E-state index contributed by atoms with van der Waals surface area (Å²) in [6.07, 6.45) is 0.897. The van der Waals surface area contributed by atoms with E-state index in [9.17, 15) is 23.6 Å². The zero-order valence-electron chi connectivity index (χ0n) is 19.3. The number of para-hydroxylation sites is 1. The van der Waals surface area contributed by atoms with Crippen molar-refractivity contribution < 1.29 is 33.1 Å². The van der Waals surface area contributed by atoms with E-state index in [1.54, 1.807) is 26.2 Å². The Morgan fingerprint density at radius 3 is 2.57 bits per heavy atom. The van der Waals surface area contributed by atoms with Gasteiger partial charge in [-0.1, -0.05) is 44.2 Å². The average molecular weight is 480 g/mol. The van der Waals surface area contributed by atoms with Crippen molar-refractivity contribution in [1.82, 2.24) is 10.2 Å². The molecule has 0 saturated heterocycles. The van der Waals surface area contributed by atoms with Crippen molar-refractivity contribution in [1.29, 1.82) is 0 Å². The Kier molecular flexibility index (Phi) is 6.68. The molecule has 2 amide bonds. The van der Waals surface area contributed by atoms with E-state index in [2.05, 4.69) is 5.32 Å². The Bertz CT molecular complexity index is 1310. The Labute approximate surface area is 200 Å². The van der Waals surface area contributed by atoms with E-state index in [1.165, 1.54) is 4.90 Å². The first-order chi connectivity index (χ1) is 16.7. The summed E-state index contributed by atoms with van der Waals surface area (Å²) in [5.74, 6) is -3.78. The van der Waals surface area contributed by atoms with E-state index >= 15 is 0 Å².